The molecule has 2 aromatic rings. The van der Waals surface area contributed by atoms with E-state index in [9.17, 15) is 9.90 Å². The summed E-state index contributed by atoms with van der Waals surface area (Å²) >= 11 is 0. The van der Waals surface area contributed by atoms with Crippen molar-refractivity contribution in [3.05, 3.63) is 53.1 Å². The van der Waals surface area contributed by atoms with Crippen LogP contribution in [0.1, 0.15) is 21.5 Å². The largest absolute Gasteiger partial charge is 0.496 e. The molecular formula is C16H15O3. The number of carboxylic acids is 1. The summed E-state index contributed by atoms with van der Waals surface area (Å²) in [5.41, 5.74) is 4.22. The minimum Gasteiger partial charge on any atom is -0.496 e. The molecule has 0 fully saturated rings. The molecule has 0 aromatic heterocycles. The fourth-order valence-corrected chi connectivity index (χ4v) is 2.04. The highest BCUT2D eigenvalue weighted by Gasteiger charge is 2.13. The quantitative estimate of drug-likeness (QED) is 0.913. The van der Waals surface area contributed by atoms with Crippen LogP contribution in [0.15, 0.2) is 30.3 Å². The van der Waals surface area contributed by atoms with Crippen LogP contribution in [0.3, 0.4) is 0 Å². The molecule has 97 valence electrons. The van der Waals surface area contributed by atoms with Gasteiger partial charge in [-0.2, -0.15) is 0 Å². The monoisotopic (exact) mass is 255 g/mol. The van der Waals surface area contributed by atoms with Crippen LogP contribution in [-0.4, -0.2) is 18.2 Å². The summed E-state index contributed by atoms with van der Waals surface area (Å²) in [6, 6.07) is 12.1. The highest BCUT2D eigenvalue weighted by Crippen LogP contribution is 2.29. The molecule has 2 aromatic carbocycles. The smallest absolute Gasteiger partial charge is 0.339 e. The Hall–Kier alpha value is -2.29. The molecule has 0 spiro atoms. The van der Waals surface area contributed by atoms with Gasteiger partial charge >= 0.3 is 5.97 Å². The van der Waals surface area contributed by atoms with E-state index in [4.69, 9.17) is 4.74 Å². The summed E-state index contributed by atoms with van der Waals surface area (Å²) in [6.07, 6.45) is 0. The van der Waals surface area contributed by atoms with E-state index in [0.29, 0.717) is 5.75 Å². The number of methoxy groups -OCH3 is 1. The molecule has 0 aliphatic heterocycles. The van der Waals surface area contributed by atoms with Gasteiger partial charge in [-0.3, -0.25) is 0 Å². The van der Waals surface area contributed by atoms with Crippen LogP contribution < -0.4 is 4.74 Å². The number of aryl methyl sites for hydroxylation is 1. The van der Waals surface area contributed by atoms with Crippen molar-refractivity contribution in [2.75, 3.05) is 7.11 Å². The summed E-state index contributed by atoms with van der Waals surface area (Å²) in [4.78, 5) is 11.2. The van der Waals surface area contributed by atoms with Gasteiger partial charge in [-0.15, -0.1) is 0 Å². The predicted octanol–water partition coefficient (Wildman–Crippen LogP) is 3.48. The number of hydrogen-bond donors (Lipinski definition) is 1. The summed E-state index contributed by atoms with van der Waals surface area (Å²) in [7, 11) is 1.47. The van der Waals surface area contributed by atoms with Crippen molar-refractivity contribution in [2.45, 2.75) is 13.8 Å². The Morgan fingerprint density at radius 2 is 2.00 bits per heavy atom. The number of carbonyl (C=O) groups is 1. The average molecular weight is 255 g/mol. The van der Waals surface area contributed by atoms with Crippen LogP contribution >= 0.6 is 0 Å². The molecule has 0 aliphatic rings. The van der Waals surface area contributed by atoms with Crippen molar-refractivity contribution in [1.82, 2.24) is 0 Å². The number of ether oxygens (including phenoxy) is 1. The van der Waals surface area contributed by atoms with Crippen molar-refractivity contribution < 1.29 is 14.6 Å². The molecule has 2 rings (SSSR count). The van der Waals surface area contributed by atoms with Gasteiger partial charge in [-0.25, -0.2) is 4.79 Å². The standard InChI is InChI=1S/C16H15O3/c1-10-5-4-6-13(11(10)2)12-7-8-15(19-3)14(9-12)16(17)18/h4,6-9H,1-3H3,(H,17,18). The Balaban J connectivity index is 2.61. The summed E-state index contributed by atoms with van der Waals surface area (Å²) < 4.78 is 5.06. The van der Waals surface area contributed by atoms with Crippen LogP contribution in [0.5, 0.6) is 5.75 Å². The highest BCUT2D eigenvalue weighted by molar-refractivity contribution is 5.93. The molecule has 0 aliphatic carbocycles. The molecule has 0 saturated carbocycles. The van der Waals surface area contributed by atoms with Crippen LogP contribution in [0.25, 0.3) is 11.1 Å². The topological polar surface area (TPSA) is 46.5 Å². The first-order chi connectivity index (χ1) is 9.04. The van der Waals surface area contributed by atoms with Crippen molar-refractivity contribution in [2.24, 2.45) is 0 Å². The number of carboxylic acid groups (broad SMARTS) is 1. The summed E-state index contributed by atoms with van der Waals surface area (Å²) in [6.45, 7) is 3.99. The Kier molecular flexibility index (Phi) is 3.56. The van der Waals surface area contributed by atoms with Crippen LogP contribution in [0.2, 0.25) is 0 Å². The molecule has 0 atom stereocenters. The molecule has 0 amide bonds. The average Bonchev–Trinajstić information content (AvgIpc) is 2.41. The van der Waals surface area contributed by atoms with Crippen LogP contribution in [0, 0.1) is 19.9 Å². The zero-order valence-corrected chi connectivity index (χ0v) is 11.2. The van der Waals surface area contributed by atoms with Gasteiger partial charge in [-0.05, 0) is 54.3 Å². The Morgan fingerprint density at radius 1 is 1.26 bits per heavy atom. The van der Waals surface area contributed by atoms with Crippen LogP contribution in [-0.2, 0) is 0 Å². The molecule has 0 bridgehead atoms. The van der Waals surface area contributed by atoms with E-state index in [2.05, 4.69) is 6.07 Å². The summed E-state index contributed by atoms with van der Waals surface area (Å²) in [5, 5.41) is 9.21. The van der Waals surface area contributed by atoms with Crippen molar-refractivity contribution in [3.63, 3.8) is 0 Å². The minimum absolute atomic E-state index is 0.171. The predicted molar refractivity (Wildman–Crippen MR) is 73.7 cm³/mol. The lowest BCUT2D eigenvalue weighted by Gasteiger charge is -2.11. The van der Waals surface area contributed by atoms with E-state index < -0.39 is 5.97 Å². The molecular weight excluding hydrogens is 240 g/mol. The maximum atomic E-state index is 11.2. The van der Waals surface area contributed by atoms with Crippen molar-refractivity contribution in [1.29, 1.82) is 0 Å². The second kappa shape index (κ2) is 5.14. The van der Waals surface area contributed by atoms with Crippen molar-refractivity contribution in [3.8, 4) is 16.9 Å². The van der Waals surface area contributed by atoms with Gasteiger partial charge in [0.05, 0.1) is 7.11 Å². The zero-order chi connectivity index (χ0) is 14.0. The maximum Gasteiger partial charge on any atom is 0.339 e. The van der Waals surface area contributed by atoms with Gasteiger partial charge < -0.3 is 9.84 Å². The molecule has 1 N–H and O–H groups in total. The second-order valence-corrected chi connectivity index (χ2v) is 4.36. The molecule has 0 heterocycles. The van der Waals surface area contributed by atoms with E-state index in [-0.39, 0.29) is 5.56 Å². The van der Waals surface area contributed by atoms with Gasteiger partial charge in [0.25, 0.3) is 0 Å². The van der Waals surface area contributed by atoms with E-state index in [0.717, 1.165) is 22.3 Å². The first kappa shape index (κ1) is 13.1. The second-order valence-electron chi connectivity index (χ2n) is 4.36. The SMILES string of the molecule is COc1ccc(-c2cc[c]c(C)c2C)cc1C(=O)O. The van der Waals surface area contributed by atoms with E-state index in [1.807, 2.05) is 32.0 Å². The lowest BCUT2D eigenvalue weighted by molar-refractivity contribution is 0.0693. The third-order valence-corrected chi connectivity index (χ3v) is 3.26. The van der Waals surface area contributed by atoms with E-state index in [1.165, 1.54) is 7.11 Å². The zero-order valence-electron chi connectivity index (χ0n) is 11.2. The minimum atomic E-state index is -0.990. The number of rotatable bonds is 3. The number of aromatic carboxylic acids is 1. The summed E-state index contributed by atoms with van der Waals surface area (Å²) in [5.74, 6) is -0.622. The highest BCUT2D eigenvalue weighted by atomic mass is 16.5. The lowest BCUT2D eigenvalue weighted by atomic mass is 9.95. The Morgan fingerprint density at radius 3 is 2.63 bits per heavy atom. The lowest BCUT2D eigenvalue weighted by Crippen LogP contribution is -2.01. The maximum absolute atomic E-state index is 11.2. The van der Waals surface area contributed by atoms with Gasteiger partial charge in [0.15, 0.2) is 0 Å². The first-order valence-electron chi connectivity index (χ1n) is 5.94. The Bertz CT molecular complexity index is 630. The third kappa shape index (κ3) is 2.45. The third-order valence-electron chi connectivity index (χ3n) is 3.26. The molecule has 1 radical (unpaired) electrons. The number of hydrogen-bond acceptors (Lipinski definition) is 2. The fraction of sp³-hybridized carbons (Fsp3) is 0.188. The molecule has 19 heavy (non-hydrogen) atoms. The fourth-order valence-electron chi connectivity index (χ4n) is 2.04. The molecule has 0 unspecified atom stereocenters. The molecule has 3 nitrogen and oxygen atoms in total. The normalized spacial score (nSPS) is 10.3. The first-order valence-corrected chi connectivity index (χ1v) is 5.94. The van der Waals surface area contributed by atoms with Crippen LogP contribution in [0.4, 0.5) is 0 Å². The van der Waals surface area contributed by atoms with E-state index >= 15 is 0 Å². The molecule has 0 saturated heterocycles. The van der Waals surface area contributed by atoms with Gasteiger partial charge in [0.2, 0.25) is 0 Å². The van der Waals surface area contributed by atoms with E-state index in [1.54, 1.807) is 12.1 Å². The Labute approximate surface area is 112 Å². The van der Waals surface area contributed by atoms with Gasteiger partial charge in [0, 0.05) is 0 Å². The number of benzene rings is 2. The molecule has 3 heteroatoms. The van der Waals surface area contributed by atoms with Gasteiger partial charge in [0.1, 0.15) is 11.3 Å². The van der Waals surface area contributed by atoms with Gasteiger partial charge in [-0.1, -0.05) is 18.2 Å². The van der Waals surface area contributed by atoms with Crippen molar-refractivity contribution >= 4 is 5.97 Å².